The van der Waals surface area contributed by atoms with Gasteiger partial charge in [-0.2, -0.15) is 0 Å². The quantitative estimate of drug-likeness (QED) is 0.613. The fraction of sp³-hybridized carbons (Fsp3) is 0.111. The maximum atomic E-state index is 12.1. The second-order valence-corrected chi connectivity index (χ2v) is 7.36. The van der Waals surface area contributed by atoms with Gasteiger partial charge in [0.1, 0.15) is 12.7 Å². The Morgan fingerprint density at radius 2 is 1.72 bits per heavy atom. The second kappa shape index (κ2) is 8.28. The van der Waals surface area contributed by atoms with Gasteiger partial charge >= 0.3 is 6.09 Å². The van der Waals surface area contributed by atoms with Crippen molar-refractivity contribution < 1.29 is 9.53 Å². The van der Waals surface area contributed by atoms with E-state index in [1.54, 1.807) is 35.3 Å². The molecule has 0 aliphatic carbocycles. The molecular formula is C18H13Cl3N6O2. The molecule has 4 rings (SSSR count). The molecule has 29 heavy (non-hydrogen) atoms. The number of amides is 1. The highest BCUT2D eigenvalue weighted by atomic mass is 35.5. The van der Waals surface area contributed by atoms with E-state index in [2.05, 4.69) is 20.7 Å². The van der Waals surface area contributed by atoms with E-state index in [0.29, 0.717) is 27.2 Å². The zero-order valence-electron chi connectivity index (χ0n) is 14.7. The first kappa shape index (κ1) is 19.5. The van der Waals surface area contributed by atoms with E-state index in [0.717, 1.165) is 5.56 Å². The predicted molar refractivity (Wildman–Crippen MR) is 111 cm³/mol. The fourth-order valence-electron chi connectivity index (χ4n) is 2.87. The van der Waals surface area contributed by atoms with Crippen LogP contribution in [-0.4, -0.2) is 26.9 Å². The van der Waals surface area contributed by atoms with Crippen molar-refractivity contribution in [3.63, 3.8) is 0 Å². The Kier molecular flexibility index (Phi) is 5.57. The zero-order chi connectivity index (χ0) is 20.4. The zero-order valence-corrected chi connectivity index (χ0v) is 16.9. The van der Waals surface area contributed by atoms with Crippen LogP contribution in [-0.2, 0) is 4.74 Å². The summed E-state index contributed by atoms with van der Waals surface area (Å²) in [5.74, 6) is 0.224. The van der Waals surface area contributed by atoms with Crippen LogP contribution in [0.1, 0.15) is 18.0 Å². The molecule has 8 nitrogen and oxygen atoms in total. The van der Waals surface area contributed by atoms with Gasteiger partial charge in [-0.3, -0.25) is 5.01 Å². The van der Waals surface area contributed by atoms with Crippen LogP contribution in [0.25, 0.3) is 0 Å². The average molecular weight is 452 g/mol. The highest BCUT2D eigenvalue weighted by Crippen LogP contribution is 2.40. The number of hydrazone groups is 1. The Morgan fingerprint density at radius 1 is 1.03 bits per heavy atom. The number of nitrogens with one attached hydrogen (secondary N) is 1. The van der Waals surface area contributed by atoms with Crippen molar-refractivity contribution in [2.75, 3.05) is 10.4 Å². The monoisotopic (exact) mass is 450 g/mol. The van der Waals surface area contributed by atoms with Crippen LogP contribution in [0.2, 0.25) is 15.1 Å². The minimum Gasteiger partial charge on any atom is -0.392 e. The van der Waals surface area contributed by atoms with E-state index in [1.165, 1.54) is 17.3 Å². The Bertz CT molecular complexity index is 1060. The lowest BCUT2D eigenvalue weighted by atomic mass is 10.0. The van der Waals surface area contributed by atoms with Gasteiger partial charge in [0.05, 0.1) is 23.2 Å². The topological polar surface area (TPSA) is 84.6 Å². The van der Waals surface area contributed by atoms with Gasteiger partial charge in [-0.15, -0.1) is 15.3 Å². The summed E-state index contributed by atoms with van der Waals surface area (Å²) < 4.78 is 6.63. The molecule has 1 aliphatic rings. The van der Waals surface area contributed by atoms with Crippen LogP contribution in [0.4, 0.5) is 10.5 Å². The van der Waals surface area contributed by atoms with Crippen LogP contribution in [0.15, 0.2) is 60.2 Å². The Balaban J connectivity index is 1.61. The Labute approximate surface area is 180 Å². The van der Waals surface area contributed by atoms with E-state index in [-0.39, 0.29) is 11.9 Å². The molecule has 1 atom stereocenters. The van der Waals surface area contributed by atoms with Crippen molar-refractivity contribution in [1.29, 1.82) is 0 Å². The van der Waals surface area contributed by atoms with Crippen LogP contribution in [0.3, 0.4) is 0 Å². The predicted octanol–water partition coefficient (Wildman–Crippen LogP) is 4.88. The van der Waals surface area contributed by atoms with Crippen molar-refractivity contribution in [3.05, 3.63) is 75.8 Å². The Morgan fingerprint density at radius 3 is 2.41 bits per heavy atom. The fourth-order valence-corrected chi connectivity index (χ4v) is 3.49. The van der Waals surface area contributed by atoms with Gasteiger partial charge in [-0.1, -0.05) is 46.9 Å². The molecule has 0 saturated carbocycles. The molecular weight excluding hydrogens is 439 g/mol. The summed E-state index contributed by atoms with van der Waals surface area (Å²) in [6.45, 7) is 0. The molecule has 0 radical (unpaired) electrons. The molecule has 0 bridgehead atoms. The lowest BCUT2D eigenvalue weighted by molar-refractivity contribution is 0.208. The number of benzene rings is 2. The number of ether oxygens (including phenoxy) is 1. The van der Waals surface area contributed by atoms with Crippen molar-refractivity contribution >= 4 is 52.5 Å². The molecule has 3 aromatic rings. The van der Waals surface area contributed by atoms with Crippen LogP contribution in [0.5, 0.6) is 0 Å². The number of aromatic nitrogens is 3. The van der Waals surface area contributed by atoms with Crippen molar-refractivity contribution in [2.45, 2.75) is 12.5 Å². The molecule has 148 valence electrons. The standard InChI is InChI=1S/C18H13Cl3N6O2/c19-12-3-1-11(2-4-12)16-8-17(29-18(28)25-26-9-22-23-10-26)24-27(16)15-6-5-13(20)7-14(15)21/h1-7,9-10,16H,8H2,(H,25,28). The summed E-state index contributed by atoms with van der Waals surface area (Å²) in [6.07, 6.45) is 2.28. The summed E-state index contributed by atoms with van der Waals surface area (Å²) in [5, 5.41) is 14.9. The minimum atomic E-state index is -0.720. The molecule has 1 aliphatic heterocycles. The average Bonchev–Trinajstić information content (AvgIpc) is 3.32. The molecule has 1 unspecified atom stereocenters. The van der Waals surface area contributed by atoms with E-state index in [4.69, 9.17) is 39.5 Å². The lowest BCUT2D eigenvalue weighted by Crippen LogP contribution is -2.24. The van der Waals surface area contributed by atoms with Gasteiger partial charge in [0.25, 0.3) is 0 Å². The van der Waals surface area contributed by atoms with Crippen LogP contribution in [0, 0.1) is 0 Å². The smallest absolute Gasteiger partial charge is 0.392 e. The summed E-state index contributed by atoms with van der Waals surface area (Å²) in [5.41, 5.74) is 4.02. The number of rotatable bonds is 3. The van der Waals surface area contributed by atoms with Crippen LogP contribution < -0.4 is 10.4 Å². The molecule has 1 amide bonds. The normalized spacial score (nSPS) is 15.9. The summed E-state index contributed by atoms with van der Waals surface area (Å²) >= 11 is 18.4. The molecule has 2 aromatic carbocycles. The maximum Gasteiger partial charge on any atom is 0.433 e. The third-order valence-electron chi connectivity index (χ3n) is 4.14. The van der Waals surface area contributed by atoms with Crippen molar-refractivity contribution in [2.24, 2.45) is 5.10 Å². The largest absolute Gasteiger partial charge is 0.433 e. The summed E-state index contributed by atoms with van der Waals surface area (Å²) in [6, 6.07) is 12.2. The number of hydrogen-bond donors (Lipinski definition) is 1. The molecule has 0 fully saturated rings. The Hall–Kier alpha value is -2.81. The lowest BCUT2D eigenvalue weighted by Gasteiger charge is -2.24. The molecule has 0 spiro atoms. The number of halogens is 3. The highest BCUT2D eigenvalue weighted by Gasteiger charge is 2.32. The van der Waals surface area contributed by atoms with Gasteiger partial charge in [-0.05, 0) is 35.9 Å². The number of anilines is 1. The first-order valence-corrected chi connectivity index (χ1v) is 9.53. The number of carbonyl (C=O) groups excluding carboxylic acids is 1. The molecule has 11 heteroatoms. The van der Waals surface area contributed by atoms with Crippen molar-refractivity contribution in [1.82, 2.24) is 14.9 Å². The molecule has 2 heterocycles. The van der Waals surface area contributed by atoms with Gasteiger partial charge in [0.15, 0.2) is 0 Å². The van der Waals surface area contributed by atoms with Gasteiger partial charge in [-0.25, -0.2) is 14.9 Å². The summed E-state index contributed by atoms with van der Waals surface area (Å²) in [4.78, 5) is 12.1. The number of carbonyl (C=O) groups is 1. The third-order valence-corrected chi connectivity index (χ3v) is 4.93. The minimum absolute atomic E-state index is 0.224. The number of nitrogens with zero attached hydrogens (tertiary/aromatic N) is 5. The van der Waals surface area contributed by atoms with E-state index >= 15 is 0 Å². The van der Waals surface area contributed by atoms with Gasteiger partial charge < -0.3 is 4.74 Å². The van der Waals surface area contributed by atoms with Gasteiger partial charge in [0, 0.05) is 10.0 Å². The van der Waals surface area contributed by atoms with Gasteiger partial charge in [0.2, 0.25) is 5.90 Å². The molecule has 0 saturated heterocycles. The van der Waals surface area contributed by atoms with E-state index in [9.17, 15) is 4.79 Å². The second-order valence-electron chi connectivity index (χ2n) is 6.08. The summed E-state index contributed by atoms with van der Waals surface area (Å²) in [7, 11) is 0. The van der Waals surface area contributed by atoms with E-state index < -0.39 is 6.09 Å². The highest BCUT2D eigenvalue weighted by molar-refractivity contribution is 6.36. The number of hydrogen-bond acceptors (Lipinski definition) is 6. The maximum absolute atomic E-state index is 12.1. The van der Waals surface area contributed by atoms with E-state index in [1.807, 2.05) is 12.1 Å². The molecule has 1 N–H and O–H groups in total. The first-order valence-electron chi connectivity index (χ1n) is 8.40. The first-order chi connectivity index (χ1) is 14.0. The SMILES string of the molecule is O=C(Nn1cnnc1)OC1=NN(c2ccc(Cl)cc2Cl)C(c2ccc(Cl)cc2)C1. The van der Waals surface area contributed by atoms with Crippen molar-refractivity contribution in [3.8, 4) is 0 Å². The molecule has 1 aromatic heterocycles. The third kappa shape index (κ3) is 4.45. The van der Waals surface area contributed by atoms with Crippen LogP contribution >= 0.6 is 34.8 Å².